The maximum atomic E-state index is 15.9. The average molecular weight is 902 g/mol. The first-order chi connectivity index (χ1) is 23.2. The minimum absolute atomic E-state index is 1.20. The first kappa shape index (κ1) is 45.3. The van der Waals surface area contributed by atoms with Gasteiger partial charge in [-0.1, -0.05) is 0 Å². The molecule has 55 heavy (non-hydrogen) atoms. The van der Waals surface area contributed by atoms with Crippen LogP contribution in [0.15, 0.2) is 0 Å². The maximum Gasteiger partial charge on any atom is 0.432 e. The molecule has 6 aliphatic rings. The highest BCUT2D eigenvalue weighted by atomic mass is 19.4. The molecule has 1 nitrogen and oxygen atoms in total. The summed E-state index contributed by atoms with van der Waals surface area (Å²) in [5.74, 6) is -58.2. The van der Waals surface area contributed by atoms with Gasteiger partial charge in [0.05, 0.1) is 0 Å². The van der Waals surface area contributed by atoms with Gasteiger partial charge < -0.3 is 4.74 Å². The van der Waals surface area contributed by atoms with Crippen molar-refractivity contribution in [3.05, 3.63) is 0 Å². The highest BCUT2D eigenvalue weighted by Crippen LogP contribution is 2.97. The maximum absolute atomic E-state index is 15.9. The van der Waals surface area contributed by atoms with Crippen LogP contribution in [-0.2, 0) is 4.74 Å². The third-order valence-electron chi connectivity index (χ3n) is 10.1. The third-order valence-corrected chi connectivity index (χ3v) is 10.1. The largest absolute Gasteiger partial charge is 0.432 e. The van der Waals surface area contributed by atoms with Crippen molar-refractivity contribution in [2.75, 3.05) is 0 Å². The van der Waals surface area contributed by atoms with E-state index in [4.69, 9.17) is 0 Å². The summed E-state index contributed by atoms with van der Waals surface area (Å²) in [5, 5.41) is 0. The molecule has 0 saturated heterocycles. The zero-order valence-corrected chi connectivity index (χ0v) is 23.3. The number of halogens is 34. The van der Waals surface area contributed by atoms with Crippen LogP contribution >= 0.6 is 0 Å². The van der Waals surface area contributed by atoms with Gasteiger partial charge in [-0.2, -0.15) is 132 Å². The Morgan fingerprint density at radius 1 is 0.236 bits per heavy atom. The van der Waals surface area contributed by atoms with Gasteiger partial charge in [-0.15, -0.1) is 0 Å². The summed E-state index contributed by atoms with van der Waals surface area (Å²) in [6.07, 6.45) is -58.7. The fourth-order valence-electron chi connectivity index (χ4n) is 8.22. The Balaban J connectivity index is 2.64. The highest BCUT2D eigenvalue weighted by Gasteiger charge is 3.29. The molecule has 0 amide bonds. The second kappa shape index (κ2) is 9.38. The Bertz CT molecular complexity index is 1500. The molecule has 0 radical (unpaired) electrons. The molecular formula is C20F34O. The predicted molar refractivity (Wildman–Crippen MR) is 92.8 cm³/mol. The van der Waals surface area contributed by atoms with E-state index in [9.17, 15) is 114 Å². The second-order valence-electron chi connectivity index (χ2n) is 12.0. The Morgan fingerprint density at radius 3 is 0.564 bits per heavy atom. The summed E-state index contributed by atoms with van der Waals surface area (Å²) >= 11 is 0. The van der Waals surface area contributed by atoms with Crippen LogP contribution in [0, 0.1) is 10.8 Å². The Labute approximate surface area is 272 Å². The van der Waals surface area contributed by atoms with Gasteiger partial charge in [0.2, 0.25) is 22.0 Å². The van der Waals surface area contributed by atoms with Crippen LogP contribution in [-0.4, -0.2) is 106 Å². The van der Waals surface area contributed by atoms with Crippen molar-refractivity contribution in [2.45, 2.75) is 106 Å². The van der Waals surface area contributed by atoms with Gasteiger partial charge in [0.25, 0.3) is 11.3 Å². The van der Waals surface area contributed by atoms with E-state index in [0.717, 1.165) is 0 Å². The summed E-state index contributed by atoms with van der Waals surface area (Å²) in [4.78, 5) is 0. The van der Waals surface area contributed by atoms with Crippen LogP contribution in [0.5, 0.6) is 0 Å². The van der Waals surface area contributed by atoms with Crippen LogP contribution in [0.25, 0.3) is 0 Å². The zero-order chi connectivity index (χ0) is 44.7. The van der Waals surface area contributed by atoms with Crippen LogP contribution in [0.3, 0.4) is 0 Å². The highest BCUT2D eigenvalue weighted by molar-refractivity contribution is 5.58. The minimum atomic E-state index is -10.5. The Morgan fingerprint density at radius 2 is 0.418 bits per heavy atom. The number of alkyl halides is 34. The number of hydrogen-bond acceptors (Lipinski definition) is 1. The molecule has 0 N–H and O–H groups in total. The van der Waals surface area contributed by atoms with Gasteiger partial charge in [0, 0.05) is 0 Å². The molecular weight excluding hydrogens is 902 g/mol. The van der Waals surface area contributed by atoms with Crippen LogP contribution in [0.1, 0.15) is 0 Å². The fourth-order valence-corrected chi connectivity index (χ4v) is 8.22. The van der Waals surface area contributed by atoms with Crippen LogP contribution in [0.4, 0.5) is 149 Å². The van der Waals surface area contributed by atoms with E-state index in [1.807, 2.05) is 0 Å². The molecule has 324 valence electrons. The topological polar surface area (TPSA) is 9.23 Å². The van der Waals surface area contributed by atoms with Crippen molar-refractivity contribution in [1.82, 2.24) is 0 Å². The van der Waals surface area contributed by atoms with E-state index in [1.54, 1.807) is 0 Å². The van der Waals surface area contributed by atoms with Gasteiger partial charge >= 0.3 is 83.9 Å². The Hall–Kier alpha value is -2.42. The van der Waals surface area contributed by atoms with Crippen molar-refractivity contribution in [3.8, 4) is 0 Å². The second-order valence-corrected chi connectivity index (χ2v) is 12.0. The molecule has 6 fully saturated rings. The lowest BCUT2D eigenvalue weighted by Crippen LogP contribution is -3.14. The predicted octanol–water partition coefficient (Wildman–Crippen LogP) is 10.5. The van der Waals surface area contributed by atoms with Crippen molar-refractivity contribution >= 4 is 0 Å². The summed E-state index contributed by atoms with van der Waals surface area (Å²) < 4.78 is 499. The van der Waals surface area contributed by atoms with Crippen molar-refractivity contribution in [3.63, 3.8) is 0 Å². The molecule has 0 aliphatic heterocycles. The molecule has 0 aromatic carbocycles. The lowest BCUT2D eigenvalue weighted by Gasteiger charge is -2.82. The van der Waals surface area contributed by atoms with Crippen LogP contribution < -0.4 is 0 Å². The van der Waals surface area contributed by atoms with Crippen molar-refractivity contribution < 1.29 is 154 Å². The minimum Gasteiger partial charge on any atom is -0.345 e. The molecule has 6 aliphatic carbocycles. The lowest BCUT2D eigenvalue weighted by atomic mass is 9.30. The fraction of sp³-hybridized carbons (Fsp3) is 1.00. The molecule has 0 heterocycles. The van der Waals surface area contributed by atoms with E-state index in [2.05, 4.69) is 0 Å². The number of fused-ring (bicyclic) bond motifs is 4. The van der Waals surface area contributed by atoms with E-state index in [0.29, 0.717) is 0 Å². The number of hydrogen-bond donors (Lipinski definition) is 0. The molecule has 6 saturated carbocycles. The van der Waals surface area contributed by atoms with Gasteiger partial charge in [-0.05, 0) is 0 Å². The van der Waals surface area contributed by atoms with Gasteiger partial charge in [-0.25, -0.2) is 17.6 Å². The van der Waals surface area contributed by atoms with E-state index < -0.39 is 117 Å². The average Bonchev–Trinajstić information content (AvgIpc) is 2.88. The van der Waals surface area contributed by atoms with Crippen LogP contribution in [0.2, 0.25) is 0 Å². The van der Waals surface area contributed by atoms with Gasteiger partial charge in [0.1, 0.15) is 0 Å². The summed E-state index contributed by atoms with van der Waals surface area (Å²) in [5.41, 5.74) is -81.4. The summed E-state index contributed by atoms with van der Waals surface area (Å²) in [6.45, 7) is 0. The molecule has 6 unspecified atom stereocenters. The number of ether oxygens (including phenoxy) is 1. The van der Waals surface area contributed by atoms with E-state index >= 15 is 35.1 Å². The van der Waals surface area contributed by atoms with E-state index in [1.165, 1.54) is 4.74 Å². The monoisotopic (exact) mass is 902 g/mol. The van der Waals surface area contributed by atoms with Gasteiger partial charge in [0.15, 0.2) is 0 Å². The standard InChI is InChI=1S/C20F34O/c21-3-1(15(37,38)39,16(40,41)42)7(9(3,25)26,5(23,19(49,50)51)13(33,34)11(3,29)30)55-8-2(17(43,44)45,18(46,47)48)4(22,10(8,27)28)12(31,32)14(35,36)6(8,24)20(52,53)54. The Kier molecular flexibility index (Phi) is 7.73. The van der Waals surface area contributed by atoms with Crippen molar-refractivity contribution in [1.29, 1.82) is 0 Å². The molecule has 4 bridgehead atoms. The van der Waals surface area contributed by atoms with Gasteiger partial charge in [-0.3, -0.25) is 0 Å². The smallest absolute Gasteiger partial charge is 0.345 e. The molecule has 0 spiro atoms. The summed E-state index contributed by atoms with van der Waals surface area (Å²) in [7, 11) is 0. The number of rotatable bonds is 2. The van der Waals surface area contributed by atoms with Crippen molar-refractivity contribution in [2.24, 2.45) is 10.8 Å². The quantitative estimate of drug-likeness (QED) is 0.251. The molecule has 6 atom stereocenters. The molecule has 0 aromatic rings. The molecule has 6 rings (SSSR count). The third kappa shape index (κ3) is 3.12. The first-order valence-electron chi connectivity index (χ1n) is 12.3. The normalized spacial score (nSPS) is 42.2. The summed E-state index contributed by atoms with van der Waals surface area (Å²) in [6, 6.07) is 0. The molecule has 35 heteroatoms. The van der Waals surface area contributed by atoms with E-state index in [-0.39, 0.29) is 0 Å². The molecule has 0 aromatic heterocycles. The first-order valence-corrected chi connectivity index (χ1v) is 12.3. The SMILES string of the molecule is FC(F)(F)C1(F)C(F)(F)C(F)(F)C2(F)C(F)(F)C1(OC13C(F)(F)C(F)(C(F)(F)C(F)(F)C1(F)C(F)(F)F)C3(C(F)(F)F)C(F)(F)F)C2(C(F)(F)F)C(F)(F)F. The lowest BCUT2D eigenvalue weighted by molar-refractivity contribution is -0.695. The zero-order valence-electron chi connectivity index (χ0n) is 23.3.